The Labute approximate surface area is 108 Å². The van der Waals surface area contributed by atoms with Gasteiger partial charge in [-0.25, -0.2) is 4.79 Å². The van der Waals surface area contributed by atoms with Gasteiger partial charge in [0.05, 0.1) is 5.92 Å². The predicted molar refractivity (Wildman–Crippen MR) is 69.4 cm³/mol. The maximum atomic E-state index is 11.6. The average molecular weight is 256 g/mol. The van der Waals surface area contributed by atoms with Crippen LogP contribution in [0.15, 0.2) is 0 Å². The van der Waals surface area contributed by atoms with E-state index in [4.69, 9.17) is 5.11 Å². The van der Waals surface area contributed by atoms with E-state index in [-0.39, 0.29) is 18.1 Å². The summed E-state index contributed by atoms with van der Waals surface area (Å²) in [6.07, 6.45) is 3.71. The summed E-state index contributed by atoms with van der Waals surface area (Å²) >= 11 is 0. The van der Waals surface area contributed by atoms with Crippen molar-refractivity contribution in [2.45, 2.75) is 52.0 Å². The summed E-state index contributed by atoms with van der Waals surface area (Å²) in [5.41, 5.74) is -0.0964. The van der Waals surface area contributed by atoms with E-state index in [1.165, 1.54) is 0 Å². The number of hydrogen-bond acceptors (Lipinski definition) is 2. The van der Waals surface area contributed by atoms with E-state index in [0.717, 1.165) is 19.3 Å². The summed E-state index contributed by atoms with van der Waals surface area (Å²) in [7, 11) is 0. The molecule has 1 aliphatic rings. The summed E-state index contributed by atoms with van der Waals surface area (Å²) < 4.78 is 0. The van der Waals surface area contributed by atoms with Gasteiger partial charge >= 0.3 is 12.0 Å². The number of aliphatic carboxylic acids is 1. The molecule has 0 radical (unpaired) electrons. The van der Waals surface area contributed by atoms with Gasteiger partial charge in [0, 0.05) is 12.1 Å². The van der Waals surface area contributed by atoms with E-state index in [1.807, 2.05) is 20.8 Å². The first-order valence-electron chi connectivity index (χ1n) is 6.61. The lowest BCUT2D eigenvalue weighted by molar-refractivity contribution is -0.142. The highest BCUT2D eigenvalue weighted by atomic mass is 16.4. The minimum Gasteiger partial charge on any atom is -0.481 e. The molecule has 1 aliphatic carbocycles. The lowest BCUT2D eigenvalue weighted by Crippen LogP contribution is -2.54. The number of carboxylic acids is 1. The molecule has 5 heteroatoms. The molecule has 0 aromatic rings. The van der Waals surface area contributed by atoms with Gasteiger partial charge in [-0.3, -0.25) is 4.79 Å². The second kappa shape index (κ2) is 6.07. The van der Waals surface area contributed by atoms with Gasteiger partial charge in [0.2, 0.25) is 0 Å². The van der Waals surface area contributed by atoms with Gasteiger partial charge < -0.3 is 15.7 Å². The fraction of sp³-hybridized carbons (Fsp3) is 0.846. The molecule has 0 bridgehead atoms. The Balaban J connectivity index is 2.32. The molecule has 0 aromatic carbocycles. The largest absolute Gasteiger partial charge is 0.481 e. The SMILES string of the molecule is CC(C)CC(CNC(=O)NC1(C)CCC1)C(=O)O. The van der Waals surface area contributed by atoms with Crippen molar-refractivity contribution < 1.29 is 14.7 Å². The molecule has 104 valence electrons. The standard InChI is InChI=1S/C13H24N2O3/c1-9(2)7-10(11(16)17)8-14-12(18)15-13(3)5-4-6-13/h9-10H,4-8H2,1-3H3,(H,16,17)(H2,14,15,18). The number of carbonyl (C=O) groups is 2. The highest BCUT2D eigenvalue weighted by Gasteiger charge is 2.33. The molecular formula is C13H24N2O3. The lowest BCUT2D eigenvalue weighted by atomic mass is 9.79. The first-order chi connectivity index (χ1) is 8.32. The quantitative estimate of drug-likeness (QED) is 0.680. The van der Waals surface area contributed by atoms with Gasteiger partial charge in [-0.15, -0.1) is 0 Å². The topological polar surface area (TPSA) is 78.4 Å². The van der Waals surface area contributed by atoms with Crippen molar-refractivity contribution in [1.82, 2.24) is 10.6 Å². The van der Waals surface area contributed by atoms with E-state index in [1.54, 1.807) is 0 Å². The summed E-state index contributed by atoms with van der Waals surface area (Å²) in [4.78, 5) is 22.7. The van der Waals surface area contributed by atoms with Crippen LogP contribution in [0, 0.1) is 11.8 Å². The maximum absolute atomic E-state index is 11.6. The Morgan fingerprint density at radius 2 is 1.94 bits per heavy atom. The van der Waals surface area contributed by atoms with Gasteiger partial charge in [0.15, 0.2) is 0 Å². The van der Waals surface area contributed by atoms with Gasteiger partial charge in [0.1, 0.15) is 0 Å². The predicted octanol–water partition coefficient (Wildman–Crippen LogP) is 1.98. The minimum absolute atomic E-state index is 0.0964. The van der Waals surface area contributed by atoms with E-state index in [0.29, 0.717) is 12.3 Å². The molecule has 18 heavy (non-hydrogen) atoms. The van der Waals surface area contributed by atoms with Crippen molar-refractivity contribution in [1.29, 1.82) is 0 Å². The molecule has 1 atom stereocenters. The maximum Gasteiger partial charge on any atom is 0.315 e. The second-order valence-electron chi connectivity index (χ2n) is 5.91. The zero-order valence-electron chi connectivity index (χ0n) is 11.5. The fourth-order valence-electron chi connectivity index (χ4n) is 2.21. The van der Waals surface area contributed by atoms with Gasteiger partial charge in [-0.05, 0) is 38.5 Å². The monoisotopic (exact) mass is 256 g/mol. The Hall–Kier alpha value is -1.26. The molecule has 1 saturated carbocycles. The summed E-state index contributed by atoms with van der Waals surface area (Å²) in [5, 5.41) is 14.6. The molecule has 0 spiro atoms. The van der Waals surface area contributed by atoms with Gasteiger partial charge in [0.25, 0.3) is 0 Å². The first kappa shape index (κ1) is 14.8. The first-order valence-corrected chi connectivity index (χ1v) is 6.61. The number of rotatable bonds is 6. The van der Waals surface area contributed by atoms with E-state index >= 15 is 0 Å². The number of amides is 2. The van der Waals surface area contributed by atoms with E-state index in [9.17, 15) is 9.59 Å². The molecule has 0 saturated heterocycles. The Morgan fingerprint density at radius 1 is 1.33 bits per heavy atom. The molecule has 0 aliphatic heterocycles. The zero-order valence-corrected chi connectivity index (χ0v) is 11.5. The number of carboxylic acid groups (broad SMARTS) is 1. The van der Waals surface area contributed by atoms with Gasteiger partial charge in [-0.2, -0.15) is 0 Å². The number of urea groups is 1. The van der Waals surface area contributed by atoms with Crippen LogP contribution in [0.5, 0.6) is 0 Å². The third-order valence-electron chi connectivity index (χ3n) is 3.49. The van der Waals surface area contributed by atoms with Crippen LogP contribution in [-0.2, 0) is 4.79 Å². The number of hydrogen-bond donors (Lipinski definition) is 3. The fourth-order valence-corrected chi connectivity index (χ4v) is 2.21. The van der Waals surface area contributed by atoms with Crippen LogP contribution in [0.2, 0.25) is 0 Å². The van der Waals surface area contributed by atoms with Crippen molar-refractivity contribution >= 4 is 12.0 Å². The van der Waals surface area contributed by atoms with E-state index in [2.05, 4.69) is 10.6 Å². The van der Waals surface area contributed by atoms with Crippen LogP contribution >= 0.6 is 0 Å². The highest BCUT2D eigenvalue weighted by molar-refractivity contribution is 5.76. The van der Waals surface area contributed by atoms with Crippen LogP contribution < -0.4 is 10.6 Å². The minimum atomic E-state index is -0.848. The van der Waals surface area contributed by atoms with E-state index < -0.39 is 11.9 Å². The molecular weight excluding hydrogens is 232 g/mol. The summed E-state index contributed by atoms with van der Waals surface area (Å²) in [5.74, 6) is -1.05. The third kappa shape index (κ3) is 4.55. The third-order valence-corrected chi connectivity index (χ3v) is 3.49. The van der Waals surface area contributed by atoms with Crippen molar-refractivity contribution in [3.8, 4) is 0 Å². The van der Waals surface area contributed by atoms with Crippen LogP contribution in [0.4, 0.5) is 4.79 Å². The van der Waals surface area contributed by atoms with Crippen LogP contribution in [0.3, 0.4) is 0 Å². The van der Waals surface area contributed by atoms with Crippen LogP contribution in [0.25, 0.3) is 0 Å². The normalized spacial score (nSPS) is 18.9. The Bertz CT molecular complexity index is 311. The van der Waals surface area contributed by atoms with Crippen molar-refractivity contribution in [2.75, 3.05) is 6.54 Å². The molecule has 1 unspecified atom stereocenters. The molecule has 0 heterocycles. The Morgan fingerprint density at radius 3 is 2.33 bits per heavy atom. The number of carbonyl (C=O) groups excluding carboxylic acids is 1. The molecule has 1 fully saturated rings. The van der Waals surface area contributed by atoms with Crippen molar-refractivity contribution in [3.05, 3.63) is 0 Å². The summed E-state index contributed by atoms with van der Waals surface area (Å²) in [6.45, 7) is 6.16. The highest BCUT2D eigenvalue weighted by Crippen LogP contribution is 2.30. The van der Waals surface area contributed by atoms with Crippen molar-refractivity contribution in [2.24, 2.45) is 11.8 Å². The van der Waals surface area contributed by atoms with Gasteiger partial charge in [-0.1, -0.05) is 13.8 Å². The Kier molecular flexibility index (Phi) is 4.99. The molecule has 2 amide bonds. The zero-order chi connectivity index (χ0) is 13.8. The molecule has 5 nitrogen and oxygen atoms in total. The average Bonchev–Trinajstić information content (AvgIpc) is 2.21. The second-order valence-corrected chi connectivity index (χ2v) is 5.91. The summed E-state index contributed by atoms with van der Waals surface area (Å²) in [6, 6.07) is -0.257. The molecule has 1 rings (SSSR count). The van der Waals surface area contributed by atoms with Crippen LogP contribution in [0.1, 0.15) is 46.5 Å². The number of nitrogens with one attached hydrogen (secondary N) is 2. The molecule has 0 aromatic heterocycles. The smallest absolute Gasteiger partial charge is 0.315 e. The van der Waals surface area contributed by atoms with Crippen molar-refractivity contribution in [3.63, 3.8) is 0 Å². The van der Waals surface area contributed by atoms with Crippen LogP contribution in [-0.4, -0.2) is 29.2 Å². The lowest BCUT2D eigenvalue weighted by Gasteiger charge is -2.39. The molecule has 3 N–H and O–H groups in total.